The lowest BCUT2D eigenvalue weighted by molar-refractivity contribution is 0.0942. The van der Waals surface area contributed by atoms with Gasteiger partial charge in [-0.2, -0.15) is 0 Å². The van der Waals surface area contributed by atoms with Gasteiger partial charge in [0.05, 0.1) is 11.4 Å². The summed E-state index contributed by atoms with van der Waals surface area (Å²) >= 11 is 7.61. The van der Waals surface area contributed by atoms with Crippen LogP contribution >= 0.6 is 23.4 Å². The van der Waals surface area contributed by atoms with Gasteiger partial charge in [-0.15, -0.1) is 11.8 Å². The molecule has 0 bridgehead atoms. The van der Waals surface area contributed by atoms with Crippen LogP contribution in [0.1, 0.15) is 21.6 Å². The van der Waals surface area contributed by atoms with Crippen LogP contribution in [0.4, 0.5) is 0 Å². The van der Waals surface area contributed by atoms with Crippen molar-refractivity contribution in [3.63, 3.8) is 0 Å². The molecule has 0 aliphatic rings. The molecule has 0 spiro atoms. The fourth-order valence-electron chi connectivity index (χ4n) is 2.26. The number of thioether (sulfide) groups is 1. The smallest absolute Gasteiger partial charge is 0.269 e. The number of carbonyl (C=O) groups excluding carboxylic acids is 1. The van der Waals surface area contributed by atoms with Crippen LogP contribution in [-0.2, 0) is 5.75 Å². The van der Waals surface area contributed by atoms with Gasteiger partial charge in [-0.3, -0.25) is 20.6 Å². The minimum atomic E-state index is -0.232. The monoisotopic (exact) mass is 395 g/mol. The third-order valence-corrected chi connectivity index (χ3v) is 5.07. The topological polar surface area (TPSA) is 54.0 Å². The molecule has 27 heavy (non-hydrogen) atoms. The molecule has 0 aliphatic carbocycles. The van der Waals surface area contributed by atoms with Crippen LogP contribution in [0.5, 0.6) is 0 Å². The van der Waals surface area contributed by atoms with E-state index in [1.807, 2.05) is 54.6 Å². The Morgan fingerprint density at radius 2 is 1.74 bits per heavy atom. The number of nitrogens with one attached hydrogen (secondary N) is 2. The van der Waals surface area contributed by atoms with Crippen LogP contribution in [0.2, 0.25) is 5.02 Å². The maximum Gasteiger partial charge on any atom is 0.269 e. The van der Waals surface area contributed by atoms with E-state index in [0.29, 0.717) is 17.0 Å². The van der Waals surface area contributed by atoms with Crippen LogP contribution in [0.15, 0.2) is 84.4 Å². The molecule has 2 N–H and O–H groups in total. The zero-order valence-electron chi connectivity index (χ0n) is 14.5. The average molecular weight is 396 g/mol. The molecule has 0 radical (unpaired) electrons. The highest BCUT2D eigenvalue weighted by atomic mass is 35.5. The van der Waals surface area contributed by atoms with Gasteiger partial charge in [0.2, 0.25) is 0 Å². The molecule has 1 heterocycles. The van der Waals surface area contributed by atoms with Gasteiger partial charge in [-0.25, -0.2) is 0 Å². The molecular formula is C21H18ClN3OS. The molecule has 0 saturated heterocycles. The van der Waals surface area contributed by atoms with Gasteiger partial charge in [0.15, 0.2) is 0 Å². The number of amides is 1. The molecule has 0 saturated carbocycles. The lowest BCUT2D eigenvalue weighted by Gasteiger charge is -2.11. The second kappa shape index (κ2) is 9.26. The molecule has 3 rings (SSSR count). The number of halogens is 1. The summed E-state index contributed by atoms with van der Waals surface area (Å²) in [5, 5.41) is 0.731. The number of benzene rings is 2. The molecule has 1 aromatic heterocycles. The minimum Gasteiger partial charge on any atom is -0.297 e. The first kappa shape index (κ1) is 19.0. The zero-order chi connectivity index (χ0) is 19.1. The first-order valence-corrected chi connectivity index (χ1v) is 9.62. The van der Waals surface area contributed by atoms with Crippen LogP contribution in [0.25, 0.3) is 5.70 Å². The SMILES string of the molecule is C=C(NNC(=O)c1ccc(CSc2ccc(Cl)cc2)cc1)c1ccccn1. The molecule has 6 heteroatoms. The summed E-state index contributed by atoms with van der Waals surface area (Å²) < 4.78 is 0. The number of rotatable bonds is 7. The Labute approximate surface area is 167 Å². The number of hydrazine groups is 1. The predicted molar refractivity (Wildman–Crippen MR) is 111 cm³/mol. The molecule has 0 unspecified atom stereocenters. The first-order valence-electron chi connectivity index (χ1n) is 8.26. The van der Waals surface area contributed by atoms with Crippen molar-refractivity contribution >= 4 is 35.0 Å². The quantitative estimate of drug-likeness (QED) is 0.439. The Bertz CT molecular complexity index is 912. The van der Waals surface area contributed by atoms with Crippen molar-refractivity contribution in [1.82, 2.24) is 15.8 Å². The van der Waals surface area contributed by atoms with E-state index in [9.17, 15) is 4.79 Å². The van der Waals surface area contributed by atoms with E-state index in [1.165, 1.54) is 0 Å². The van der Waals surface area contributed by atoms with Gasteiger partial charge >= 0.3 is 0 Å². The van der Waals surface area contributed by atoms with Gasteiger partial charge in [0.1, 0.15) is 0 Å². The molecular weight excluding hydrogens is 378 g/mol. The summed E-state index contributed by atoms with van der Waals surface area (Å²) in [6, 6.07) is 20.7. The van der Waals surface area contributed by atoms with Gasteiger partial charge in [-0.1, -0.05) is 36.4 Å². The molecule has 0 aliphatic heterocycles. The lowest BCUT2D eigenvalue weighted by Crippen LogP contribution is -2.36. The third-order valence-electron chi connectivity index (χ3n) is 3.74. The summed E-state index contributed by atoms with van der Waals surface area (Å²) in [6.45, 7) is 3.86. The molecule has 0 fully saturated rings. The van der Waals surface area contributed by atoms with E-state index in [4.69, 9.17) is 11.6 Å². The Hall–Kier alpha value is -2.76. The van der Waals surface area contributed by atoms with E-state index in [1.54, 1.807) is 30.1 Å². The van der Waals surface area contributed by atoms with Crippen LogP contribution < -0.4 is 10.9 Å². The van der Waals surface area contributed by atoms with E-state index >= 15 is 0 Å². The molecule has 0 atom stereocenters. The lowest BCUT2D eigenvalue weighted by atomic mass is 10.1. The summed E-state index contributed by atoms with van der Waals surface area (Å²) in [7, 11) is 0. The number of nitrogens with zero attached hydrogens (tertiary/aromatic N) is 1. The molecule has 3 aromatic rings. The minimum absolute atomic E-state index is 0.232. The average Bonchev–Trinajstić information content (AvgIpc) is 2.72. The molecule has 136 valence electrons. The summed E-state index contributed by atoms with van der Waals surface area (Å²) in [5.41, 5.74) is 8.33. The second-order valence-corrected chi connectivity index (χ2v) is 7.20. The summed E-state index contributed by atoms with van der Waals surface area (Å²) in [4.78, 5) is 17.6. The standard InChI is InChI=1S/C21H18ClN3OS/c1-15(20-4-2-3-13-23-20)24-25-21(26)17-7-5-16(6-8-17)14-27-19-11-9-18(22)10-12-19/h2-13,24H,1,14H2,(H,25,26). The van der Waals surface area contributed by atoms with Crippen molar-refractivity contribution in [2.75, 3.05) is 0 Å². The highest BCUT2D eigenvalue weighted by Crippen LogP contribution is 2.24. The zero-order valence-corrected chi connectivity index (χ0v) is 16.1. The van der Waals surface area contributed by atoms with Crippen molar-refractivity contribution in [1.29, 1.82) is 0 Å². The fourth-order valence-corrected chi connectivity index (χ4v) is 3.24. The van der Waals surface area contributed by atoms with Gasteiger partial charge < -0.3 is 0 Å². The highest BCUT2D eigenvalue weighted by molar-refractivity contribution is 7.98. The van der Waals surface area contributed by atoms with Crippen LogP contribution in [0, 0.1) is 0 Å². The second-order valence-electron chi connectivity index (χ2n) is 5.71. The fraction of sp³-hybridized carbons (Fsp3) is 0.0476. The molecule has 4 nitrogen and oxygen atoms in total. The molecule has 2 aromatic carbocycles. The van der Waals surface area contributed by atoms with E-state index in [2.05, 4.69) is 22.4 Å². The summed E-state index contributed by atoms with van der Waals surface area (Å²) in [6.07, 6.45) is 1.67. The van der Waals surface area contributed by atoms with Crippen molar-refractivity contribution in [3.05, 3.63) is 101 Å². The van der Waals surface area contributed by atoms with Crippen molar-refractivity contribution < 1.29 is 4.79 Å². The Balaban J connectivity index is 1.51. The number of pyridine rings is 1. The van der Waals surface area contributed by atoms with Crippen LogP contribution in [-0.4, -0.2) is 10.9 Å². The number of hydrogen-bond donors (Lipinski definition) is 2. The van der Waals surface area contributed by atoms with E-state index in [0.717, 1.165) is 21.2 Å². The number of aromatic nitrogens is 1. The predicted octanol–water partition coefficient (Wildman–Crippen LogP) is 4.93. The van der Waals surface area contributed by atoms with Gasteiger partial charge in [-0.05, 0) is 54.1 Å². The first-order chi connectivity index (χ1) is 13.1. The Kier molecular flexibility index (Phi) is 6.52. The number of hydrogen-bond acceptors (Lipinski definition) is 4. The van der Waals surface area contributed by atoms with E-state index < -0.39 is 0 Å². The van der Waals surface area contributed by atoms with Crippen LogP contribution in [0.3, 0.4) is 0 Å². The van der Waals surface area contributed by atoms with Crippen molar-refractivity contribution in [2.24, 2.45) is 0 Å². The highest BCUT2D eigenvalue weighted by Gasteiger charge is 2.06. The summed E-state index contributed by atoms with van der Waals surface area (Å²) in [5.74, 6) is 0.585. The van der Waals surface area contributed by atoms with Crippen molar-refractivity contribution in [3.8, 4) is 0 Å². The molecule has 1 amide bonds. The normalized spacial score (nSPS) is 10.3. The Morgan fingerprint density at radius 1 is 1.00 bits per heavy atom. The number of carbonyl (C=O) groups is 1. The van der Waals surface area contributed by atoms with Crippen molar-refractivity contribution in [2.45, 2.75) is 10.6 Å². The van der Waals surface area contributed by atoms with Gasteiger partial charge in [0.25, 0.3) is 5.91 Å². The maximum absolute atomic E-state index is 12.3. The maximum atomic E-state index is 12.3. The largest absolute Gasteiger partial charge is 0.297 e. The third kappa shape index (κ3) is 5.61. The Morgan fingerprint density at radius 3 is 2.41 bits per heavy atom. The van der Waals surface area contributed by atoms with Gasteiger partial charge in [0, 0.05) is 27.4 Å². The van der Waals surface area contributed by atoms with E-state index in [-0.39, 0.29) is 5.91 Å².